The molecule has 3 N–H and O–H groups in total. The molecule has 27 rings (SSSR count). The van der Waals surface area contributed by atoms with Gasteiger partial charge in [-0.1, -0.05) is 305 Å². The van der Waals surface area contributed by atoms with Gasteiger partial charge < -0.3 is 28.7 Å². The molecule has 7 heterocycles. The highest BCUT2D eigenvalue weighted by molar-refractivity contribution is 6.26. The van der Waals surface area contributed by atoms with Gasteiger partial charge in [0.1, 0.15) is 0 Å². The molecule has 1 aliphatic rings. The lowest BCUT2D eigenvalue weighted by Gasteiger charge is -2.22. The molecule has 0 atom stereocenters. The molecule has 19 aromatic carbocycles. The van der Waals surface area contributed by atoms with Gasteiger partial charge in [0.25, 0.3) is 0 Å². The van der Waals surface area contributed by atoms with Crippen LogP contribution in [0.2, 0.25) is 0 Å². The van der Waals surface area contributed by atoms with E-state index in [0.29, 0.717) is 0 Å². The van der Waals surface area contributed by atoms with E-state index in [1.807, 2.05) is 18.5 Å². The van der Waals surface area contributed by atoms with Gasteiger partial charge in [-0.05, 0) is 192 Å². The number of para-hydroxylation sites is 6. The number of hydrogen-bond donors (Lipinski definition) is 3. The fourth-order valence-corrected chi connectivity index (χ4v) is 20.8. The minimum Gasteiger partial charge on any atom is -0.354 e. The first-order valence-electron chi connectivity index (χ1n) is 42.5. The summed E-state index contributed by atoms with van der Waals surface area (Å²) in [5.74, 6) is 0. The third-order valence-corrected chi connectivity index (χ3v) is 26.4. The third-order valence-electron chi connectivity index (χ3n) is 26.4. The van der Waals surface area contributed by atoms with Crippen molar-refractivity contribution in [1.82, 2.24) is 33.6 Å². The Kier molecular flexibility index (Phi) is 15.6. The van der Waals surface area contributed by atoms with E-state index in [2.05, 4.69) is 442 Å². The van der Waals surface area contributed by atoms with Crippen molar-refractivity contribution >= 4 is 163 Å². The van der Waals surface area contributed by atoms with Crippen LogP contribution in [0.5, 0.6) is 0 Å². The van der Waals surface area contributed by atoms with Gasteiger partial charge in [0.2, 0.25) is 0 Å². The molecule has 26 aromatic rings. The number of aromatic amines is 3. The summed E-state index contributed by atoms with van der Waals surface area (Å²) in [6.07, 6.45) is 3.77. The first-order valence-corrected chi connectivity index (χ1v) is 42.5. The summed E-state index contributed by atoms with van der Waals surface area (Å²) in [4.78, 5) is 15.3. The zero-order chi connectivity index (χ0) is 81.1. The molecule has 0 radical (unpaired) electrons. The van der Waals surface area contributed by atoms with Gasteiger partial charge in [-0.3, -0.25) is 4.98 Å². The number of benzene rings is 19. The molecule has 0 spiro atoms. The zero-order valence-electron chi connectivity index (χ0n) is 67.5. The SMILES string of the molecule is CC1(C)c2ccccc2-c2ccc(-n3c4ccccc4c4cc(-c5ccc6c(c5)[nH]c5ccccc56)c5ccccc5c43)cc21.c1ccc(-c2ccc(-n3c4ccccc4c4cc(-c5ccc6c(c5)[nH]c5ccccc56)c5ccccc5c43)cc2)cc1.c1cncc(-n2c3ccccc3c3cc(-c4ccc5c(c4)[nH]c4ccccc45)c4ccccc4c32)c1. The van der Waals surface area contributed by atoms with Gasteiger partial charge in [0.15, 0.2) is 0 Å². The Balaban J connectivity index is 0.000000102. The normalized spacial score (nSPS) is 12.5. The van der Waals surface area contributed by atoms with Gasteiger partial charge in [-0.15, -0.1) is 0 Å². The second kappa shape index (κ2) is 27.5. The van der Waals surface area contributed by atoms with E-state index in [9.17, 15) is 0 Å². The van der Waals surface area contributed by atoms with Gasteiger partial charge in [-0.25, -0.2) is 0 Å². The average Bonchev–Trinajstić information content (AvgIpc) is 1.57. The van der Waals surface area contributed by atoms with Crippen LogP contribution in [0.4, 0.5) is 0 Å². The number of nitrogens with one attached hydrogen (secondary N) is 3. The van der Waals surface area contributed by atoms with Crippen LogP contribution in [0.1, 0.15) is 25.0 Å². The molecular formula is C116H77N7. The van der Waals surface area contributed by atoms with Crippen molar-refractivity contribution in [2.24, 2.45) is 0 Å². The molecule has 0 amide bonds. The fourth-order valence-electron chi connectivity index (χ4n) is 20.8. The first-order chi connectivity index (χ1) is 60.8. The Bertz CT molecular complexity index is 8850. The Hall–Kier alpha value is -16.1. The van der Waals surface area contributed by atoms with E-state index in [-0.39, 0.29) is 5.41 Å². The molecule has 123 heavy (non-hydrogen) atoms. The molecular weight excluding hydrogens is 1490 g/mol. The minimum atomic E-state index is -0.0583. The lowest BCUT2D eigenvalue weighted by Crippen LogP contribution is -2.15. The monoisotopic (exact) mass is 1570 g/mol. The van der Waals surface area contributed by atoms with E-state index in [1.54, 1.807) is 0 Å². The van der Waals surface area contributed by atoms with Crippen molar-refractivity contribution in [3.8, 4) is 72.7 Å². The molecule has 576 valence electrons. The van der Waals surface area contributed by atoms with E-state index in [4.69, 9.17) is 0 Å². The number of fused-ring (bicyclic) bond motifs is 27. The van der Waals surface area contributed by atoms with Crippen LogP contribution in [0.15, 0.2) is 413 Å². The van der Waals surface area contributed by atoms with Crippen molar-refractivity contribution in [3.63, 3.8) is 0 Å². The predicted molar refractivity (Wildman–Crippen MR) is 520 cm³/mol. The number of hydrogen-bond acceptors (Lipinski definition) is 1. The van der Waals surface area contributed by atoms with E-state index in [1.165, 1.54) is 236 Å². The number of pyridine rings is 1. The molecule has 0 saturated heterocycles. The molecule has 7 heteroatoms. The second-order valence-corrected chi connectivity index (χ2v) is 33.5. The van der Waals surface area contributed by atoms with Crippen LogP contribution in [0.25, 0.3) is 236 Å². The molecule has 7 aromatic heterocycles. The van der Waals surface area contributed by atoms with Crippen molar-refractivity contribution in [3.05, 3.63) is 424 Å². The largest absolute Gasteiger partial charge is 0.354 e. The summed E-state index contributed by atoms with van der Waals surface area (Å²) in [6.45, 7) is 4.72. The second-order valence-electron chi connectivity index (χ2n) is 33.5. The molecule has 0 unspecified atom stereocenters. The van der Waals surface area contributed by atoms with Gasteiger partial charge >= 0.3 is 0 Å². The maximum atomic E-state index is 4.42. The number of rotatable bonds is 7. The maximum Gasteiger partial charge on any atom is 0.0645 e. The van der Waals surface area contributed by atoms with Crippen molar-refractivity contribution in [2.45, 2.75) is 19.3 Å². The summed E-state index contributed by atoms with van der Waals surface area (Å²) >= 11 is 0. The predicted octanol–water partition coefficient (Wildman–Crippen LogP) is 31.1. The highest BCUT2D eigenvalue weighted by Gasteiger charge is 2.36. The van der Waals surface area contributed by atoms with E-state index >= 15 is 0 Å². The van der Waals surface area contributed by atoms with Crippen LogP contribution in [0.3, 0.4) is 0 Å². The maximum absolute atomic E-state index is 4.42. The standard InChI is InChI=1S/C43H30N2.C40H26N2.C33H21N3/c1-43(2)37-16-8-5-12-29(37)30-22-20-27(24-38(30)43)45-41-18-10-7-14-33(41)36-25-35(28-11-3-4-15-34(28)42(36)45)26-19-21-32-31-13-6-9-17-39(31)44-40(32)23-26;1-2-10-26(11-3-1)27-18-21-29(22-19-27)42-39-17-9-7-14-33(39)36-25-35(30-12-4-5-15-34(30)40(36)42)28-20-23-32-31-13-6-8-16-37(31)41-38(32)24-28;1-2-12-27-23(9-1)28(21-15-16-25-24-10-3-5-13-30(24)35-31(25)18-21)19-29-26-11-4-6-14-32(26)36(33(27)29)22-8-7-17-34-20-22/h3-25,44H,1-2H3;1-25,41H;1-20,35H. The number of H-pyrrole nitrogens is 3. The molecule has 0 fully saturated rings. The van der Waals surface area contributed by atoms with Crippen LogP contribution in [-0.2, 0) is 5.41 Å². The van der Waals surface area contributed by atoms with Crippen LogP contribution in [-0.4, -0.2) is 33.6 Å². The molecule has 7 nitrogen and oxygen atoms in total. The summed E-state index contributed by atoms with van der Waals surface area (Å²) < 4.78 is 7.29. The quantitative estimate of drug-likeness (QED) is 0.146. The number of aromatic nitrogens is 7. The average molecular weight is 1570 g/mol. The van der Waals surface area contributed by atoms with Gasteiger partial charge in [0, 0.05) is 137 Å². The highest BCUT2D eigenvalue weighted by atomic mass is 15.0. The van der Waals surface area contributed by atoms with Crippen molar-refractivity contribution < 1.29 is 0 Å². The molecule has 1 aliphatic carbocycles. The summed E-state index contributed by atoms with van der Waals surface area (Å²) in [6, 6.07) is 146. The van der Waals surface area contributed by atoms with Crippen LogP contribution in [0, 0.1) is 0 Å². The summed E-state index contributed by atoms with van der Waals surface area (Å²) in [5.41, 5.74) is 33.1. The van der Waals surface area contributed by atoms with Gasteiger partial charge in [-0.2, -0.15) is 0 Å². The third kappa shape index (κ3) is 10.9. The topological polar surface area (TPSA) is 75.0 Å². The van der Waals surface area contributed by atoms with E-state index < -0.39 is 0 Å². The molecule has 0 aliphatic heterocycles. The lowest BCUT2D eigenvalue weighted by atomic mass is 9.82. The van der Waals surface area contributed by atoms with Crippen LogP contribution >= 0.6 is 0 Å². The van der Waals surface area contributed by atoms with Crippen molar-refractivity contribution in [1.29, 1.82) is 0 Å². The summed E-state index contributed by atoms with van der Waals surface area (Å²) in [5, 5.41) is 22.7. The Morgan fingerprint density at radius 2 is 0.537 bits per heavy atom. The minimum absolute atomic E-state index is 0.0583. The number of nitrogens with zero attached hydrogens (tertiary/aromatic N) is 4. The smallest absolute Gasteiger partial charge is 0.0645 e. The summed E-state index contributed by atoms with van der Waals surface area (Å²) in [7, 11) is 0. The Labute approximate surface area is 707 Å². The Morgan fingerprint density at radius 1 is 0.203 bits per heavy atom. The lowest BCUT2D eigenvalue weighted by molar-refractivity contribution is 0.660. The molecule has 0 saturated carbocycles. The van der Waals surface area contributed by atoms with E-state index in [0.717, 1.165) is 11.2 Å². The van der Waals surface area contributed by atoms with Gasteiger partial charge in [0.05, 0.1) is 45.0 Å². The fraction of sp³-hybridized carbons (Fsp3) is 0.0259. The zero-order valence-corrected chi connectivity index (χ0v) is 67.5. The Morgan fingerprint density at radius 3 is 0.976 bits per heavy atom. The van der Waals surface area contributed by atoms with Crippen molar-refractivity contribution in [2.75, 3.05) is 0 Å². The molecule has 0 bridgehead atoms. The first kappa shape index (κ1) is 70.0. The van der Waals surface area contributed by atoms with Crippen LogP contribution < -0.4 is 0 Å². The highest BCUT2D eigenvalue weighted by Crippen LogP contribution is 2.52.